The van der Waals surface area contributed by atoms with Crippen molar-refractivity contribution < 1.29 is 4.74 Å². The van der Waals surface area contributed by atoms with Gasteiger partial charge >= 0.3 is 0 Å². The Bertz CT molecular complexity index is 883. The van der Waals surface area contributed by atoms with E-state index in [1.807, 2.05) is 42.6 Å². The van der Waals surface area contributed by atoms with E-state index < -0.39 is 0 Å². The van der Waals surface area contributed by atoms with Gasteiger partial charge < -0.3 is 4.74 Å². The third kappa shape index (κ3) is 3.75. The van der Waals surface area contributed by atoms with Crippen molar-refractivity contribution in [3.05, 3.63) is 54.5 Å². The van der Waals surface area contributed by atoms with E-state index in [-0.39, 0.29) is 12.4 Å². The standard InChI is InChI=1S/C21H23N3O.ClH/c1-25-17-11-12-19-18(15-17)23-21(13-10-16-7-3-2-4-8-16)24(19)20-9-5-6-14-22-20;/h5-6,9-16H,2-4,7-8H2,1H3;1H/b13-10+;. The second kappa shape index (κ2) is 8.37. The number of hydrogen-bond acceptors (Lipinski definition) is 3. The average Bonchev–Trinajstić information content (AvgIpc) is 3.05. The Labute approximate surface area is 160 Å². The first-order valence-electron chi connectivity index (χ1n) is 9.01. The van der Waals surface area contributed by atoms with Crippen LogP contribution in [0.1, 0.15) is 37.9 Å². The van der Waals surface area contributed by atoms with Crippen molar-refractivity contribution in [3.63, 3.8) is 0 Å². The minimum Gasteiger partial charge on any atom is -0.497 e. The Morgan fingerprint density at radius 1 is 1.12 bits per heavy atom. The predicted octanol–water partition coefficient (Wildman–Crippen LogP) is 5.44. The van der Waals surface area contributed by atoms with Crippen molar-refractivity contribution in [1.29, 1.82) is 0 Å². The summed E-state index contributed by atoms with van der Waals surface area (Å²) in [6.45, 7) is 0. The fourth-order valence-corrected chi connectivity index (χ4v) is 3.59. The topological polar surface area (TPSA) is 39.9 Å². The zero-order chi connectivity index (χ0) is 17.1. The van der Waals surface area contributed by atoms with Crippen LogP contribution in [0.3, 0.4) is 0 Å². The van der Waals surface area contributed by atoms with E-state index in [0.29, 0.717) is 5.92 Å². The van der Waals surface area contributed by atoms with Crippen LogP contribution in [0.2, 0.25) is 0 Å². The maximum atomic E-state index is 5.35. The van der Waals surface area contributed by atoms with E-state index in [4.69, 9.17) is 9.72 Å². The number of imidazole rings is 1. The maximum Gasteiger partial charge on any atom is 0.139 e. The van der Waals surface area contributed by atoms with E-state index in [9.17, 15) is 0 Å². The SMILES string of the molecule is COc1ccc2c(c1)nc(/C=C/C1CCCCC1)n2-c1ccccn1.Cl. The van der Waals surface area contributed by atoms with Gasteiger partial charge in [0.25, 0.3) is 0 Å². The average molecular weight is 370 g/mol. The third-order valence-electron chi connectivity index (χ3n) is 4.93. The van der Waals surface area contributed by atoms with Gasteiger partial charge in [-0.15, -0.1) is 12.4 Å². The molecule has 1 aliphatic rings. The van der Waals surface area contributed by atoms with Gasteiger partial charge in [0, 0.05) is 12.3 Å². The van der Waals surface area contributed by atoms with Crippen molar-refractivity contribution in [2.45, 2.75) is 32.1 Å². The van der Waals surface area contributed by atoms with Gasteiger partial charge in [-0.3, -0.25) is 4.57 Å². The van der Waals surface area contributed by atoms with E-state index in [0.717, 1.165) is 28.4 Å². The zero-order valence-corrected chi connectivity index (χ0v) is 15.8. The lowest BCUT2D eigenvalue weighted by Gasteiger charge is -2.17. The molecule has 2 aromatic heterocycles. The number of nitrogens with zero attached hydrogens (tertiary/aromatic N) is 3. The number of methoxy groups -OCH3 is 1. The molecular formula is C21H24ClN3O. The van der Waals surface area contributed by atoms with Gasteiger partial charge in [-0.2, -0.15) is 0 Å². The second-order valence-corrected chi connectivity index (χ2v) is 6.61. The Hall–Kier alpha value is -2.33. The highest BCUT2D eigenvalue weighted by Gasteiger charge is 2.14. The minimum absolute atomic E-state index is 0. The number of allylic oxidation sites excluding steroid dienone is 1. The first kappa shape index (κ1) is 18.5. The van der Waals surface area contributed by atoms with Crippen LogP contribution in [0.5, 0.6) is 5.75 Å². The highest BCUT2D eigenvalue weighted by atomic mass is 35.5. The van der Waals surface area contributed by atoms with Crippen LogP contribution in [0.15, 0.2) is 48.7 Å². The minimum atomic E-state index is 0. The summed E-state index contributed by atoms with van der Waals surface area (Å²) in [6, 6.07) is 12.0. The molecule has 0 radical (unpaired) electrons. The molecule has 3 aromatic rings. The van der Waals surface area contributed by atoms with E-state index >= 15 is 0 Å². The highest BCUT2D eigenvalue weighted by molar-refractivity contribution is 5.85. The fraction of sp³-hybridized carbons (Fsp3) is 0.333. The predicted molar refractivity (Wildman–Crippen MR) is 108 cm³/mol. The summed E-state index contributed by atoms with van der Waals surface area (Å²) in [5.41, 5.74) is 1.97. The van der Waals surface area contributed by atoms with Crippen LogP contribution < -0.4 is 4.74 Å². The summed E-state index contributed by atoms with van der Waals surface area (Å²) in [6.07, 6.45) is 12.9. The molecule has 1 aliphatic carbocycles. The van der Waals surface area contributed by atoms with Crippen LogP contribution in [0.25, 0.3) is 22.9 Å². The number of pyridine rings is 1. The molecule has 2 heterocycles. The summed E-state index contributed by atoms with van der Waals surface area (Å²) in [7, 11) is 1.68. The summed E-state index contributed by atoms with van der Waals surface area (Å²) in [4.78, 5) is 9.37. The third-order valence-corrected chi connectivity index (χ3v) is 4.93. The Balaban J connectivity index is 0.00000196. The molecule has 1 saturated carbocycles. The number of hydrogen-bond donors (Lipinski definition) is 0. The van der Waals surface area contributed by atoms with Gasteiger partial charge in [0.1, 0.15) is 17.4 Å². The lowest BCUT2D eigenvalue weighted by atomic mass is 9.89. The molecular weight excluding hydrogens is 346 g/mol. The number of halogens is 1. The molecule has 0 aliphatic heterocycles. The summed E-state index contributed by atoms with van der Waals surface area (Å²) < 4.78 is 7.47. The van der Waals surface area contributed by atoms with E-state index in [2.05, 4.69) is 21.7 Å². The number of ether oxygens (including phenoxy) is 1. The molecule has 4 rings (SSSR count). The highest BCUT2D eigenvalue weighted by Crippen LogP contribution is 2.28. The number of aromatic nitrogens is 3. The van der Waals surface area contributed by atoms with Crippen LogP contribution in [-0.2, 0) is 0 Å². The van der Waals surface area contributed by atoms with Gasteiger partial charge in [0.15, 0.2) is 0 Å². The van der Waals surface area contributed by atoms with Crippen molar-refractivity contribution >= 4 is 29.5 Å². The van der Waals surface area contributed by atoms with Crippen molar-refractivity contribution in [1.82, 2.24) is 14.5 Å². The van der Waals surface area contributed by atoms with Crippen molar-refractivity contribution in [2.24, 2.45) is 5.92 Å². The molecule has 26 heavy (non-hydrogen) atoms. The molecule has 0 amide bonds. The molecule has 0 atom stereocenters. The first-order valence-corrected chi connectivity index (χ1v) is 9.01. The van der Waals surface area contributed by atoms with E-state index in [1.165, 1.54) is 32.1 Å². The Kier molecular flexibility index (Phi) is 5.94. The monoisotopic (exact) mass is 369 g/mol. The van der Waals surface area contributed by atoms with Gasteiger partial charge in [-0.1, -0.05) is 31.4 Å². The molecule has 5 heteroatoms. The van der Waals surface area contributed by atoms with Crippen LogP contribution in [-0.4, -0.2) is 21.6 Å². The normalized spacial score (nSPS) is 15.3. The van der Waals surface area contributed by atoms with E-state index in [1.54, 1.807) is 7.11 Å². The molecule has 0 N–H and O–H groups in total. The Morgan fingerprint density at radius 3 is 2.69 bits per heavy atom. The molecule has 0 unspecified atom stereocenters. The largest absolute Gasteiger partial charge is 0.497 e. The van der Waals surface area contributed by atoms with Gasteiger partial charge in [-0.25, -0.2) is 9.97 Å². The van der Waals surface area contributed by atoms with Crippen molar-refractivity contribution in [3.8, 4) is 11.6 Å². The smallest absolute Gasteiger partial charge is 0.139 e. The van der Waals surface area contributed by atoms with Crippen LogP contribution in [0.4, 0.5) is 0 Å². The molecule has 1 aromatic carbocycles. The summed E-state index contributed by atoms with van der Waals surface area (Å²) >= 11 is 0. The van der Waals surface area contributed by atoms with Crippen LogP contribution in [0, 0.1) is 5.92 Å². The summed E-state index contributed by atoms with van der Waals surface area (Å²) in [5, 5.41) is 0. The molecule has 0 saturated heterocycles. The summed E-state index contributed by atoms with van der Waals surface area (Å²) in [5.74, 6) is 3.30. The van der Waals surface area contributed by atoms with Crippen LogP contribution >= 0.6 is 12.4 Å². The lowest BCUT2D eigenvalue weighted by Crippen LogP contribution is -2.03. The lowest BCUT2D eigenvalue weighted by molar-refractivity contribution is 0.415. The van der Waals surface area contributed by atoms with Gasteiger partial charge in [-0.05, 0) is 49.1 Å². The maximum absolute atomic E-state index is 5.35. The molecule has 4 nitrogen and oxygen atoms in total. The van der Waals surface area contributed by atoms with Gasteiger partial charge in [0.05, 0.1) is 18.1 Å². The molecule has 136 valence electrons. The number of benzene rings is 1. The number of fused-ring (bicyclic) bond motifs is 1. The van der Waals surface area contributed by atoms with Crippen molar-refractivity contribution in [2.75, 3.05) is 7.11 Å². The second-order valence-electron chi connectivity index (χ2n) is 6.61. The molecule has 1 fully saturated rings. The molecule has 0 bridgehead atoms. The quantitative estimate of drug-likeness (QED) is 0.614. The number of rotatable bonds is 4. The fourth-order valence-electron chi connectivity index (χ4n) is 3.59. The first-order chi connectivity index (χ1) is 12.3. The molecule has 0 spiro atoms. The Morgan fingerprint density at radius 2 is 1.96 bits per heavy atom. The zero-order valence-electron chi connectivity index (χ0n) is 15.0. The van der Waals surface area contributed by atoms with Gasteiger partial charge in [0.2, 0.25) is 0 Å².